The summed E-state index contributed by atoms with van der Waals surface area (Å²) in [5.41, 5.74) is 3.49. The fourth-order valence-electron chi connectivity index (χ4n) is 2.46. The summed E-state index contributed by atoms with van der Waals surface area (Å²) in [7, 11) is -1.21. The summed E-state index contributed by atoms with van der Waals surface area (Å²) in [5.74, 6) is 0.341. The van der Waals surface area contributed by atoms with E-state index in [4.69, 9.17) is 0 Å². The van der Waals surface area contributed by atoms with Gasteiger partial charge in [0.25, 0.3) is 0 Å². The van der Waals surface area contributed by atoms with E-state index in [9.17, 15) is 4.21 Å². The Morgan fingerprint density at radius 2 is 2.10 bits per heavy atom. The molecule has 3 heteroatoms. The van der Waals surface area contributed by atoms with Crippen molar-refractivity contribution in [1.82, 2.24) is 0 Å². The Hall–Kier alpha value is -1.22. The second kappa shape index (κ2) is 6.04. The van der Waals surface area contributed by atoms with Crippen molar-refractivity contribution in [3.8, 4) is 0 Å². The van der Waals surface area contributed by atoms with Gasteiger partial charge in [-0.05, 0) is 45.6 Å². The summed E-state index contributed by atoms with van der Waals surface area (Å²) in [6, 6.07) is 8.34. The Kier molecular flexibility index (Phi) is 4.59. The van der Waals surface area contributed by atoms with Gasteiger partial charge in [0.05, 0.1) is 10.5 Å². The highest BCUT2D eigenvalue weighted by molar-refractivity contribution is 7.85. The maximum absolute atomic E-state index is 12.4. The van der Waals surface area contributed by atoms with E-state index >= 15 is 0 Å². The van der Waals surface area contributed by atoms with E-state index in [1.54, 1.807) is 0 Å². The number of allylic oxidation sites excluding steroid dienone is 1. The summed E-state index contributed by atoms with van der Waals surface area (Å²) in [6.07, 6.45) is 4.96. The molecule has 108 valence electrons. The lowest BCUT2D eigenvalue weighted by Gasteiger charge is -2.26. The highest BCUT2D eigenvalue weighted by Gasteiger charge is 2.27. The van der Waals surface area contributed by atoms with Crippen LogP contribution in [0.5, 0.6) is 0 Å². The predicted molar refractivity (Wildman–Crippen MR) is 87.5 cm³/mol. The molecule has 2 atom stereocenters. The molecule has 0 aromatic heterocycles. The number of rotatable bonds is 3. The average molecular weight is 289 g/mol. The number of hydrogen-bond acceptors (Lipinski definition) is 1. The first kappa shape index (κ1) is 15.2. The number of fused-ring (bicyclic) bond motifs is 1. The van der Waals surface area contributed by atoms with Crippen molar-refractivity contribution in [2.45, 2.75) is 44.8 Å². The molecule has 0 spiro atoms. The van der Waals surface area contributed by atoms with E-state index < -0.39 is 11.0 Å². The molecule has 0 saturated carbocycles. The van der Waals surface area contributed by atoms with Gasteiger partial charge in [-0.3, -0.25) is 0 Å². The van der Waals surface area contributed by atoms with E-state index in [0.29, 0.717) is 5.92 Å². The van der Waals surface area contributed by atoms with Crippen molar-refractivity contribution < 1.29 is 4.21 Å². The van der Waals surface area contributed by atoms with Gasteiger partial charge in [0.15, 0.2) is 0 Å². The molecule has 1 unspecified atom stereocenters. The molecule has 0 fully saturated rings. The summed E-state index contributed by atoms with van der Waals surface area (Å²) < 4.78 is 16.7. The van der Waals surface area contributed by atoms with Crippen molar-refractivity contribution in [1.29, 1.82) is 0 Å². The van der Waals surface area contributed by atoms with Crippen molar-refractivity contribution in [3.05, 3.63) is 48.0 Å². The Morgan fingerprint density at radius 1 is 1.40 bits per heavy atom. The van der Waals surface area contributed by atoms with E-state index in [1.165, 1.54) is 11.1 Å². The number of hydrogen-bond donors (Lipinski definition) is 0. The molecule has 0 aliphatic heterocycles. The SMILES string of the molecule is C=CC[C@@H]1CCc2ccccc2/C1=N/S(=O)C(C)(C)C. The van der Waals surface area contributed by atoms with E-state index in [-0.39, 0.29) is 4.75 Å². The van der Waals surface area contributed by atoms with Crippen molar-refractivity contribution in [2.75, 3.05) is 0 Å². The average Bonchev–Trinajstić information content (AvgIpc) is 2.40. The fourth-order valence-corrected chi connectivity index (χ4v) is 3.16. The zero-order valence-corrected chi connectivity index (χ0v) is 13.4. The molecule has 1 aromatic carbocycles. The van der Waals surface area contributed by atoms with Crippen LogP contribution in [0.4, 0.5) is 0 Å². The van der Waals surface area contributed by atoms with Crippen molar-refractivity contribution in [2.24, 2.45) is 10.3 Å². The topological polar surface area (TPSA) is 29.4 Å². The Bertz CT molecular complexity index is 554. The highest BCUT2D eigenvalue weighted by atomic mass is 32.2. The van der Waals surface area contributed by atoms with Crippen LogP contribution in [0, 0.1) is 5.92 Å². The zero-order valence-electron chi connectivity index (χ0n) is 12.6. The summed E-state index contributed by atoms with van der Waals surface area (Å²) >= 11 is 0. The second-order valence-electron chi connectivity index (χ2n) is 6.26. The molecule has 1 aliphatic carbocycles. The van der Waals surface area contributed by atoms with Crippen LogP contribution in [0.2, 0.25) is 0 Å². The maximum atomic E-state index is 12.4. The van der Waals surface area contributed by atoms with Gasteiger partial charge in [-0.1, -0.05) is 30.3 Å². The molecule has 0 saturated heterocycles. The predicted octanol–water partition coefficient (Wildman–Crippen LogP) is 4.08. The first-order valence-corrected chi connectivity index (χ1v) is 8.24. The molecule has 2 rings (SSSR count). The van der Waals surface area contributed by atoms with Gasteiger partial charge in [-0.15, -0.1) is 6.58 Å². The largest absolute Gasteiger partial charge is 0.234 e. The molecule has 0 amide bonds. The van der Waals surface area contributed by atoms with Gasteiger partial charge in [-0.2, -0.15) is 4.40 Å². The van der Waals surface area contributed by atoms with Crippen molar-refractivity contribution >= 4 is 16.7 Å². The normalized spacial score (nSPS) is 22.4. The minimum Gasteiger partial charge on any atom is -0.234 e. The van der Waals surface area contributed by atoms with Crippen LogP contribution >= 0.6 is 0 Å². The van der Waals surface area contributed by atoms with E-state index in [1.807, 2.05) is 32.9 Å². The Labute approximate surface area is 124 Å². The second-order valence-corrected chi connectivity index (χ2v) is 8.16. The molecule has 0 bridgehead atoms. The highest BCUT2D eigenvalue weighted by Crippen LogP contribution is 2.29. The molecule has 0 heterocycles. The molecular weight excluding hydrogens is 266 g/mol. The molecule has 1 aliphatic rings. The molecule has 0 N–H and O–H groups in total. The first-order chi connectivity index (χ1) is 9.43. The van der Waals surface area contributed by atoms with Gasteiger partial charge in [-0.25, -0.2) is 4.21 Å². The summed E-state index contributed by atoms with van der Waals surface area (Å²) in [5, 5.41) is 0. The molecular formula is C17H23NOS. The minimum atomic E-state index is -1.21. The monoisotopic (exact) mass is 289 g/mol. The third-order valence-corrected chi connectivity index (χ3v) is 5.01. The van der Waals surface area contributed by atoms with E-state index in [0.717, 1.165) is 25.0 Å². The van der Waals surface area contributed by atoms with Crippen LogP contribution in [0.15, 0.2) is 41.3 Å². The van der Waals surface area contributed by atoms with Gasteiger partial charge < -0.3 is 0 Å². The fraction of sp³-hybridized carbons (Fsp3) is 0.471. The molecule has 1 aromatic rings. The van der Waals surface area contributed by atoms with Crippen LogP contribution in [0.1, 0.15) is 44.7 Å². The zero-order chi connectivity index (χ0) is 14.8. The van der Waals surface area contributed by atoms with E-state index in [2.05, 4.69) is 29.2 Å². The molecule has 0 radical (unpaired) electrons. The smallest absolute Gasteiger partial charge is 0.145 e. The van der Waals surface area contributed by atoms with Gasteiger partial charge >= 0.3 is 0 Å². The number of aryl methyl sites for hydroxylation is 1. The van der Waals surface area contributed by atoms with Gasteiger partial charge in [0.2, 0.25) is 0 Å². The molecule has 2 nitrogen and oxygen atoms in total. The number of nitrogens with zero attached hydrogens (tertiary/aromatic N) is 1. The van der Waals surface area contributed by atoms with Crippen LogP contribution in [0.25, 0.3) is 0 Å². The Morgan fingerprint density at radius 3 is 2.75 bits per heavy atom. The van der Waals surface area contributed by atoms with Gasteiger partial charge in [0, 0.05) is 11.5 Å². The molecule has 20 heavy (non-hydrogen) atoms. The van der Waals surface area contributed by atoms with Gasteiger partial charge in [0.1, 0.15) is 11.0 Å². The number of benzene rings is 1. The lowest BCUT2D eigenvalue weighted by Crippen LogP contribution is -2.27. The summed E-state index contributed by atoms with van der Waals surface area (Å²) in [4.78, 5) is 0. The third kappa shape index (κ3) is 3.26. The van der Waals surface area contributed by atoms with Crippen molar-refractivity contribution in [3.63, 3.8) is 0 Å². The Balaban J connectivity index is 2.46. The van der Waals surface area contributed by atoms with Crippen LogP contribution in [-0.4, -0.2) is 14.7 Å². The quantitative estimate of drug-likeness (QED) is 0.771. The first-order valence-electron chi connectivity index (χ1n) is 7.13. The maximum Gasteiger partial charge on any atom is 0.145 e. The lowest BCUT2D eigenvalue weighted by molar-refractivity contribution is 0.616. The minimum absolute atomic E-state index is 0.321. The standard InChI is InChI=1S/C17H23NOS/c1-5-8-14-12-11-13-9-6-7-10-15(13)16(14)18-20(19)17(2,3)4/h5-7,9-10,14H,1,8,11-12H2,2-4H3/b18-16+/t14-,20?/m1/s1. The van der Waals surface area contributed by atoms with Crippen LogP contribution < -0.4 is 0 Å². The third-order valence-electron chi connectivity index (χ3n) is 3.60. The lowest BCUT2D eigenvalue weighted by atomic mass is 9.80. The van der Waals surface area contributed by atoms with Crippen LogP contribution in [-0.2, 0) is 17.4 Å². The van der Waals surface area contributed by atoms with Crippen LogP contribution in [0.3, 0.4) is 0 Å². The summed E-state index contributed by atoms with van der Waals surface area (Å²) in [6.45, 7) is 9.73.